The fourth-order valence-electron chi connectivity index (χ4n) is 3.08. The molecule has 0 spiro atoms. The number of halogens is 2. The Kier molecular flexibility index (Phi) is 8.02. The molecule has 3 aromatic carbocycles. The summed E-state index contributed by atoms with van der Waals surface area (Å²) in [7, 11) is 0. The van der Waals surface area contributed by atoms with Crippen molar-refractivity contribution < 1.29 is 13.6 Å². The van der Waals surface area contributed by atoms with Gasteiger partial charge in [-0.3, -0.25) is 9.78 Å². The van der Waals surface area contributed by atoms with E-state index in [0.29, 0.717) is 17.9 Å². The van der Waals surface area contributed by atoms with Crippen LogP contribution in [0.5, 0.6) is 0 Å². The molecule has 35 heavy (non-hydrogen) atoms. The molecule has 0 bridgehead atoms. The van der Waals surface area contributed by atoms with Crippen LogP contribution < -0.4 is 16.0 Å². The minimum absolute atomic E-state index is 0.238. The Balaban J connectivity index is 1.32. The van der Waals surface area contributed by atoms with Gasteiger partial charge in [0, 0.05) is 40.0 Å². The number of nitrogens with zero attached hydrogens (tertiary/aromatic N) is 1. The van der Waals surface area contributed by atoms with Gasteiger partial charge in [-0.2, -0.15) is 0 Å². The average Bonchev–Trinajstić information content (AvgIpc) is 2.87. The lowest BCUT2D eigenvalue weighted by Crippen LogP contribution is -2.23. The maximum Gasteiger partial charge on any atom is 0.270 e. The lowest BCUT2D eigenvalue weighted by Gasteiger charge is -2.11. The monoisotopic (exact) mass is 506 g/mol. The lowest BCUT2D eigenvalue weighted by molar-refractivity contribution is 0.0945. The molecular formula is C26H20F2N4OS2. The Morgan fingerprint density at radius 2 is 1.54 bits per heavy atom. The van der Waals surface area contributed by atoms with Gasteiger partial charge in [-0.05, 0) is 66.3 Å². The molecule has 0 aliphatic rings. The molecule has 1 aromatic heterocycles. The Morgan fingerprint density at radius 1 is 0.829 bits per heavy atom. The third-order valence-corrected chi connectivity index (χ3v) is 5.99. The van der Waals surface area contributed by atoms with Crippen molar-refractivity contribution in [3.8, 4) is 0 Å². The van der Waals surface area contributed by atoms with Crippen LogP contribution in [0.25, 0.3) is 0 Å². The van der Waals surface area contributed by atoms with E-state index >= 15 is 0 Å². The van der Waals surface area contributed by atoms with Crippen LogP contribution in [0, 0.1) is 11.6 Å². The van der Waals surface area contributed by atoms with Crippen molar-refractivity contribution in [1.82, 2.24) is 10.3 Å². The van der Waals surface area contributed by atoms with E-state index in [4.69, 9.17) is 12.2 Å². The summed E-state index contributed by atoms with van der Waals surface area (Å²) in [6.07, 6.45) is 1.61. The van der Waals surface area contributed by atoms with E-state index in [2.05, 4.69) is 20.9 Å². The fraction of sp³-hybridized carbons (Fsp3) is 0.0385. The van der Waals surface area contributed by atoms with Gasteiger partial charge in [0.2, 0.25) is 0 Å². The summed E-state index contributed by atoms with van der Waals surface area (Å²) < 4.78 is 26.4. The zero-order valence-electron chi connectivity index (χ0n) is 18.3. The molecule has 9 heteroatoms. The summed E-state index contributed by atoms with van der Waals surface area (Å²) in [4.78, 5) is 18.5. The first-order valence-corrected chi connectivity index (χ1v) is 11.8. The van der Waals surface area contributed by atoms with Gasteiger partial charge in [-0.25, -0.2) is 8.78 Å². The Hall–Kier alpha value is -3.82. The Morgan fingerprint density at radius 3 is 2.29 bits per heavy atom. The largest absolute Gasteiger partial charge is 0.347 e. The van der Waals surface area contributed by atoms with Gasteiger partial charge in [-0.1, -0.05) is 42.1 Å². The first-order valence-electron chi connectivity index (χ1n) is 10.6. The number of hydrogen-bond donors (Lipinski definition) is 3. The summed E-state index contributed by atoms with van der Waals surface area (Å²) in [6.45, 7) is 0.431. The average molecular weight is 507 g/mol. The van der Waals surface area contributed by atoms with Crippen molar-refractivity contribution in [3.63, 3.8) is 0 Å². The summed E-state index contributed by atoms with van der Waals surface area (Å²) in [5.74, 6) is -2.11. The number of carbonyl (C=O) groups excluding carboxylic acids is 1. The number of hydrogen-bond acceptors (Lipinski definition) is 4. The smallest absolute Gasteiger partial charge is 0.270 e. The van der Waals surface area contributed by atoms with Crippen molar-refractivity contribution in [2.24, 2.45) is 0 Å². The summed E-state index contributed by atoms with van der Waals surface area (Å²) >= 11 is 6.73. The van der Waals surface area contributed by atoms with E-state index in [-0.39, 0.29) is 11.0 Å². The second-order valence-electron chi connectivity index (χ2n) is 7.38. The van der Waals surface area contributed by atoms with Gasteiger partial charge in [0.1, 0.15) is 5.69 Å². The number of rotatable bonds is 7. The SMILES string of the molecule is O=C(NCc1ccccc1)c1cc(Sc2ccc(NC(=S)Nc3ccc(F)c(F)c3)cc2)ccn1. The number of aromatic nitrogens is 1. The number of amides is 1. The van der Waals surface area contributed by atoms with Gasteiger partial charge >= 0.3 is 0 Å². The summed E-state index contributed by atoms with van der Waals surface area (Å²) in [6, 6.07) is 24.2. The highest BCUT2D eigenvalue weighted by Crippen LogP contribution is 2.28. The van der Waals surface area contributed by atoms with E-state index in [1.165, 1.54) is 17.8 Å². The van der Waals surface area contributed by atoms with Crippen molar-refractivity contribution in [1.29, 1.82) is 0 Å². The van der Waals surface area contributed by atoms with Gasteiger partial charge in [-0.15, -0.1) is 0 Å². The minimum atomic E-state index is -0.952. The molecule has 0 aliphatic heterocycles. The van der Waals surface area contributed by atoms with Crippen molar-refractivity contribution in [2.45, 2.75) is 16.3 Å². The zero-order valence-corrected chi connectivity index (χ0v) is 19.9. The van der Waals surface area contributed by atoms with Crippen LogP contribution in [0.3, 0.4) is 0 Å². The maximum atomic E-state index is 13.4. The first kappa shape index (κ1) is 24.3. The van der Waals surface area contributed by atoms with Gasteiger partial charge in [0.15, 0.2) is 16.7 Å². The fourth-order valence-corrected chi connectivity index (χ4v) is 4.16. The molecule has 176 valence electrons. The number of carbonyl (C=O) groups is 1. The van der Waals surface area contributed by atoms with E-state index in [1.807, 2.05) is 60.7 Å². The highest BCUT2D eigenvalue weighted by molar-refractivity contribution is 7.99. The van der Waals surface area contributed by atoms with E-state index in [1.54, 1.807) is 12.3 Å². The van der Waals surface area contributed by atoms with Crippen molar-refractivity contribution in [3.05, 3.63) is 114 Å². The van der Waals surface area contributed by atoms with Crippen LogP contribution in [0.2, 0.25) is 0 Å². The molecule has 0 aliphatic carbocycles. The number of nitrogens with one attached hydrogen (secondary N) is 3. The molecule has 0 unspecified atom stereocenters. The van der Waals surface area contributed by atoms with Crippen LogP contribution in [0.4, 0.5) is 20.2 Å². The topological polar surface area (TPSA) is 66.1 Å². The molecule has 5 nitrogen and oxygen atoms in total. The predicted octanol–water partition coefficient (Wildman–Crippen LogP) is 6.25. The standard InChI is InChI=1S/C26H20F2N4OS2/c27-22-11-8-19(14-23(22)28)32-26(34)31-18-6-9-20(10-7-18)35-21-12-13-29-24(15-21)25(33)30-16-17-4-2-1-3-5-17/h1-15H,16H2,(H,30,33)(H2,31,32,34). The number of pyridine rings is 1. The van der Waals surface area contributed by atoms with Crippen LogP contribution in [0.15, 0.2) is 101 Å². The normalized spacial score (nSPS) is 10.5. The third-order valence-electron chi connectivity index (χ3n) is 4.79. The van der Waals surface area contributed by atoms with E-state index in [0.717, 1.165) is 33.2 Å². The Bertz CT molecular complexity index is 1340. The van der Waals surface area contributed by atoms with Crippen molar-refractivity contribution in [2.75, 3.05) is 10.6 Å². The van der Waals surface area contributed by atoms with Crippen LogP contribution >= 0.6 is 24.0 Å². The molecule has 3 N–H and O–H groups in total. The second-order valence-corrected chi connectivity index (χ2v) is 8.93. The summed E-state index contributed by atoms with van der Waals surface area (Å²) in [5.41, 5.74) is 2.43. The van der Waals surface area contributed by atoms with Crippen LogP contribution in [0.1, 0.15) is 16.1 Å². The molecule has 0 saturated carbocycles. The second kappa shape index (κ2) is 11.5. The van der Waals surface area contributed by atoms with Gasteiger partial charge in [0.05, 0.1) is 0 Å². The van der Waals surface area contributed by atoms with Crippen LogP contribution in [-0.4, -0.2) is 16.0 Å². The highest BCUT2D eigenvalue weighted by atomic mass is 32.2. The number of thiocarbonyl (C=S) groups is 1. The molecule has 4 rings (SSSR count). The van der Waals surface area contributed by atoms with Crippen LogP contribution in [-0.2, 0) is 6.54 Å². The molecule has 0 atom stereocenters. The number of anilines is 2. The van der Waals surface area contributed by atoms with E-state index < -0.39 is 11.6 Å². The molecule has 0 radical (unpaired) electrons. The molecule has 1 amide bonds. The highest BCUT2D eigenvalue weighted by Gasteiger charge is 2.09. The summed E-state index contributed by atoms with van der Waals surface area (Å²) in [5, 5.41) is 8.94. The van der Waals surface area contributed by atoms with Gasteiger partial charge in [0.25, 0.3) is 5.91 Å². The molecular weight excluding hydrogens is 486 g/mol. The zero-order chi connectivity index (χ0) is 24.6. The molecule has 0 fully saturated rings. The van der Waals surface area contributed by atoms with Crippen molar-refractivity contribution >= 4 is 46.4 Å². The van der Waals surface area contributed by atoms with Gasteiger partial charge < -0.3 is 16.0 Å². The molecule has 1 heterocycles. The quantitative estimate of drug-likeness (QED) is 0.258. The Labute approximate surface area is 211 Å². The predicted molar refractivity (Wildman–Crippen MR) is 139 cm³/mol. The first-order chi connectivity index (χ1) is 17.0. The lowest BCUT2D eigenvalue weighted by atomic mass is 10.2. The van der Waals surface area contributed by atoms with E-state index in [9.17, 15) is 13.6 Å². The number of benzene rings is 3. The minimum Gasteiger partial charge on any atom is -0.347 e. The molecule has 4 aromatic rings. The third kappa shape index (κ3) is 7.08. The maximum absolute atomic E-state index is 13.4. The molecule has 0 saturated heterocycles.